The second-order valence-electron chi connectivity index (χ2n) is 2.32. The molecule has 3 nitrogen and oxygen atoms in total. The average Bonchev–Trinajstić information content (AvgIpc) is 2.14. The van der Waals surface area contributed by atoms with Crippen LogP contribution in [0.3, 0.4) is 0 Å². The SMILES string of the molecule is Cl.Cl.NCC1CNCC1N. The van der Waals surface area contributed by atoms with Crippen molar-refractivity contribution >= 4 is 24.8 Å². The van der Waals surface area contributed by atoms with Gasteiger partial charge in [0.15, 0.2) is 0 Å². The lowest BCUT2D eigenvalue weighted by atomic mass is 10.1. The minimum atomic E-state index is 0. The van der Waals surface area contributed by atoms with Gasteiger partial charge in [0.05, 0.1) is 0 Å². The predicted molar refractivity (Wildman–Crippen MR) is 47.9 cm³/mol. The van der Waals surface area contributed by atoms with Gasteiger partial charge in [0.1, 0.15) is 0 Å². The molecule has 1 saturated heterocycles. The summed E-state index contributed by atoms with van der Waals surface area (Å²) in [5.74, 6) is 0.509. The van der Waals surface area contributed by atoms with E-state index in [1.807, 2.05) is 0 Å². The standard InChI is InChI=1S/C5H13N3.2ClH/c6-1-4-2-8-3-5(4)7;;/h4-5,8H,1-3,6-7H2;2*1H. The molecule has 1 aliphatic rings. The first-order valence-corrected chi connectivity index (χ1v) is 3.01. The molecule has 0 aromatic rings. The number of halogens is 2. The molecular formula is C5H15Cl2N3. The van der Waals surface area contributed by atoms with E-state index in [0.717, 1.165) is 13.1 Å². The first kappa shape index (κ1) is 13.1. The lowest BCUT2D eigenvalue weighted by Gasteiger charge is -2.08. The summed E-state index contributed by atoms with van der Waals surface area (Å²) in [6.45, 7) is 2.65. The average molecular weight is 188 g/mol. The van der Waals surface area contributed by atoms with Crippen LogP contribution in [0.15, 0.2) is 0 Å². The highest BCUT2D eigenvalue weighted by molar-refractivity contribution is 5.85. The molecule has 0 aromatic heterocycles. The Labute approximate surface area is 73.7 Å². The third kappa shape index (κ3) is 3.03. The second-order valence-corrected chi connectivity index (χ2v) is 2.32. The molecule has 5 N–H and O–H groups in total. The minimum Gasteiger partial charge on any atom is -0.330 e. The molecule has 64 valence electrons. The predicted octanol–water partition coefficient (Wildman–Crippen LogP) is -0.665. The third-order valence-corrected chi connectivity index (χ3v) is 1.69. The van der Waals surface area contributed by atoms with Crippen molar-refractivity contribution in [2.45, 2.75) is 6.04 Å². The minimum absolute atomic E-state index is 0. The van der Waals surface area contributed by atoms with Crippen molar-refractivity contribution < 1.29 is 0 Å². The van der Waals surface area contributed by atoms with Gasteiger partial charge < -0.3 is 16.8 Å². The summed E-state index contributed by atoms with van der Waals surface area (Å²) in [7, 11) is 0. The zero-order valence-corrected chi connectivity index (χ0v) is 7.38. The molecule has 1 fully saturated rings. The van der Waals surface area contributed by atoms with Crippen molar-refractivity contribution in [2.24, 2.45) is 17.4 Å². The van der Waals surface area contributed by atoms with Crippen LogP contribution in [0.2, 0.25) is 0 Å². The second kappa shape index (κ2) is 6.19. The van der Waals surface area contributed by atoms with E-state index in [1.165, 1.54) is 0 Å². The topological polar surface area (TPSA) is 64.1 Å². The largest absolute Gasteiger partial charge is 0.330 e. The van der Waals surface area contributed by atoms with Crippen molar-refractivity contribution in [3.05, 3.63) is 0 Å². The molecular weight excluding hydrogens is 173 g/mol. The summed E-state index contributed by atoms with van der Waals surface area (Å²) in [5.41, 5.74) is 11.1. The van der Waals surface area contributed by atoms with E-state index in [1.54, 1.807) is 0 Å². The van der Waals surface area contributed by atoms with E-state index in [0.29, 0.717) is 18.5 Å². The van der Waals surface area contributed by atoms with Crippen LogP contribution in [0.25, 0.3) is 0 Å². The fourth-order valence-electron chi connectivity index (χ4n) is 1.01. The van der Waals surface area contributed by atoms with Crippen LogP contribution in [0.5, 0.6) is 0 Å². The van der Waals surface area contributed by atoms with Gasteiger partial charge in [-0.3, -0.25) is 0 Å². The molecule has 0 radical (unpaired) electrons. The van der Waals surface area contributed by atoms with Crippen LogP contribution in [0.4, 0.5) is 0 Å². The zero-order valence-electron chi connectivity index (χ0n) is 5.75. The van der Waals surface area contributed by atoms with E-state index >= 15 is 0 Å². The van der Waals surface area contributed by atoms with Crippen LogP contribution in [0.1, 0.15) is 0 Å². The zero-order chi connectivity index (χ0) is 5.98. The van der Waals surface area contributed by atoms with Gasteiger partial charge in [-0.25, -0.2) is 0 Å². The maximum absolute atomic E-state index is 5.65. The van der Waals surface area contributed by atoms with Gasteiger partial charge in [-0.15, -0.1) is 24.8 Å². The summed E-state index contributed by atoms with van der Waals surface area (Å²) in [6.07, 6.45) is 0. The Morgan fingerprint density at radius 3 is 2.10 bits per heavy atom. The van der Waals surface area contributed by atoms with E-state index in [4.69, 9.17) is 11.5 Å². The summed E-state index contributed by atoms with van der Waals surface area (Å²) < 4.78 is 0. The number of rotatable bonds is 1. The molecule has 5 heteroatoms. The van der Waals surface area contributed by atoms with Gasteiger partial charge in [-0.2, -0.15) is 0 Å². The molecule has 1 rings (SSSR count). The molecule has 0 spiro atoms. The van der Waals surface area contributed by atoms with E-state index in [-0.39, 0.29) is 24.8 Å². The Kier molecular flexibility index (Phi) is 8.09. The fourth-order valence-corrected chi connectivity index (χ4v) is 1.01. The molecule has 2 atom stereocenters. The maximum Gasteiger partial charge on any atom is 0.0218 e. The van der Waals surface area contributed by atoms with E-state index in [9.17, 15) is 0 Å². The Hall–Kier alpha value is 0.460. The van der Waals surface area contributed by atoms with Gasteiger partial charge in [0.25, 0.3) is 0 Å². The fraction of sp³-hybridized carbons (Fsp3) is 1.00. The quantitative estimate of drug-likeness (QED) is 0.511. The molecule has 0 saturated carbocycles. The van der Waals surface area contributed by atoms with Gasteiger partial charge in [-0.1, -0.05) is 0 Å². The smallest absolute Gasteiger partial charge is 0.0218 e. The van der Waals surface area contributed by atoms with E-state index in [2.05, 4.69) is 5.32 Å². The molecule has 1 heterocycles. The molecule has 0 amide bonds. The van der Waals surface area contributed by atoms with Crippen molar-refractivity contribution in [1.29, 1.82) is 0 Å². The number of hydrogen-bond acceptors (Lipinski definition) is 3. The lowest BCUT2D eigenvalue weighted by molar-refractivity contribution is 0.526. The van der Waals surface area contributed by atoms with Gasteiger partial charge in [0.2, 0.25) is 0 Å². The lowest BCUT2D eigenvalue weighted by Crippen LogP contribution is -2.33. The van der Waals surface area contributed by atoms with Crippen molar-refractivity contribution in [3.63, 3.8) is 0 Å². The van der Waals surface area contributed by atoms with Gasteiger partial charge in [0, 0.05) is 19.1 Å². The Morgan fingerprint density at radius 1 is 1.30 bits per heavy atom. The first-order valence-electron chi connectivity index (χ1n) is 3.01. The monoisotopic (exact) mass is 187 g/mol. The summed E-state index contributed by atoms with van der Waals surface area (Å²) in [4.78, 5) is 0. The van der Waals surface area contributed by atoms with Crippen molar-refractivity contribution in [3.8, 4) is 0 Å². The molecule has 2 unspecified atom stereocenters. The molecule has 1 aliphatic heterocycles. The first-order chi connectivity index (χ1) is 3.84. The number of nitrogens with one attached hydrogen (secondary N) is 1. The highest BCUT2D eigenvalue weighted by Gasteiger charge is 2.20. The highest BCUT2D eigenvalue weighted by Crippen LogP contribution is 2.02. The molecule has 10 heavy (non-hydrogen) atoms. The van der Waals surface area contributed by atoms with Crippen LogP contribution in [0, 0.1) is 5.92 Å². The molecule has 0 bridgehead atoms. The Bertz CT molecular complexity index is 81.3. The van der Waals surface area contributed by atoms with Crippen LogP contribution in [-0.4, -0.2) is 25.7 Å². The van der Waals surface area contributed by atoms with E-state index < -0.39 is 0 Å². The molecule has 0 aromatic carbocycles. The Balaban J connectivity index is 0. The normalized spacial score (nSPS) is 30.6. The summed E-state index contributed by atoms with van der Waals surface area (Å²) in [6, 6.07) is 0.292. The maximum atomic E-state index is 5.65. The van der Waals surface area contributed by atoms with Gasteiger partial charge in [-0.05, 0) is 12.5 Å². The van der Waals surface area contributed by atoms with Gasteiger partial charge >= 0.3 is 0 Å². The van der Waals surface area contributed by atoms with Crippen LogP contribution in [-0.2, 0) is 0 Å². The van der Waals surface area contributed by atoms with Crippen LogP contribution >= 0.6 is 24.8 Å². The third-order valence-electron chi connectivity index (χ3n) is 1.69. The summed E-state index contributed by atoms with van der Waals surface area (Å²) in [5, 5.41) is 3.17. The molecule has 0 aliphatic carbocycles. The van der Waals surface area contributed by atoms with Crippen molar-refractivity contribution in [1.82, 2.24) is 5.32 Å². The number of hydrogen-bond donors (Lipinski definition) is 3. The highest BCUT2D eigenvalue weighted by atomic mass is 35.5. The summed E-state index contributed by atoms with van der Waals surface area (Å²) >= 11 is 0. The van der Waals surface area contributed by atoms with Crippen LogP contribution < -0.4 is 16.8 Å². The number of nitrogens with two attached hydrogens (primary N) is 2. The Morgan fingerprint density at radius 2 is 1.90 bits per heavy atom. The van der Waals surface area contributed by atoms with Crippen molar-refractivity contribution in [2.75, 3.05) is 19.6 Å².